The van der Waals surface area contributed by atoms with Crippen molar-refractivity contribution in [1.82, 2.24) is 25.5 Å². The number of carbonyl (C=O) groups is 1. The van der Waals surface area contributed by atoms with Gasteiger partial charge in [0.15, 0.2) is 6.19 Å². The highest BCUT2D eigenvalue weighted by Gasteiger charge is 2.38. The van der Waals surface area contributed by atoms with E-state index in [0.29, 0.717) is 17.9 Å². The number of tetrazole rings is 1. The van der Waals surface area contributed by atoms with E-state index in [9.17, 15) is 10.1 Å². The minimum atomic E-state index is -0.413. The number of nitriles is 1. The molecule has 0 radical (unpaired) electrons. The Morgan fingerprint density at radius 2 is 2.08 bits per heavy atom. The van der Waals surface area contributed by atoms with E-state index in [2.05, 4.69) is 52.9 Å². The van der Waals surface area contributed by atoms with E-state index in [1.165, 1.54) is 0 Å². The first kappa shape index (κ1) is 17.9. The van der Waals surface area contributed by atoms with E-state index < -0.39 is 6.04 Å². The average molecular weight is 353 g/mol. The number of H-pyrrole nitrogens is 1. The summed E-state index contributed by atoms with van der Waals surface area (Å²) >= 11 is 0. The first-order valence-corrected chi connectivity index (χ1v) is 8.70. The summed E-state index contributed by atoms with van der Waals surface area (Å²) in [6.07, 6.45) is 4.68. The third kappa shape index (κ3) is 3.99. The Labute approximate surface area is 152 Å². The highest BCUT2D eigenvalue weighted by atomic mass is 16.2. The molecular weight excluding hydrogens is 330 g/mol. The molecule has 0 aliphatic carbocycles. The molecule has 1 aliphatic rings. The van der Waals surface area contributed by atoms with Crippen LogP contribution in [0.25, 0.3) is 11.4 Å². The van der Waals surface area contributed by atoms with Crippen molar-refractivity contribution in [3.05, 3.63) is 24.3 Å². The van der Waals surface area contributed by atoms with Crippen molar-refractivity contribution < 1.29 is 4.79 Å². The van der Waals surface area contributed by atoms with Gasteiger partial charge in [-0.05, 0) is 54.2 Å². The molecule has 2 atom stereocenters. The van der Waals surface area contributed by atoms with Crippen LogP contribution in [0.15, 0.2) is 24.3 Å². The normalized spacial score (nSPS) is 20.0. The van der Waals surface area contributed by atoms with E-state index in [0.717, 1.165) is 18.4 Å². The summed E-state index contributed by atoms with van der Waals surface area (Å²) in [6.45, 7) is 6.46. The summed E-state index contributed by atoms with van der Waals surface area (Å²) in [6, 6.07) is 6.93. The topological polar surface area (TPSA) is 111 Å². The third-order valence-corrected chi connectivity index (χ3v) is 4.52. The van der Waals surface area contributed by atoms with Crippen molar-refractivity contribution in [2.75, 3.05) is 5.32 Å². The number of rotatable bonds is 4. The second-order valence-electron chi connectivity index (χ2n) is 7.82. The molecule has 2 aromatic rings. The number of hydrogen-bond acceptors (Lipinski definition) is 6. The van der Waals surface area contributed by atoms with Crippen molar-refractivity contribution in [3.63, 3.8) is 0 Å². The summed E-state index contributed by atoms with van der Waals surface area (Å²) < 4.78 is 0. The molecule has 136 valence electrons. The largest absolute Gasteiger partial charge is 0.324 e. The first-order chi connectivity index (χ1) is 12.4. The van der Waals surface area contributed by atoms with Crippen molar-refractivity contribution >= 4 is 11.6 Å². The molecule has 1 aromatic carbocycles. The quantitative estimate of drug-likeness (QED) is 0.817. The number of anilines is 1. The van der Waals surface area contributed by atoms with Crippen LogP contribution < -0.4 is 5.32 Å². The monoisotopic (exact) mass is 353 g/mol. The number of nitrogens with zero attached hydrogens (tertiary/aromatic N) is 5. The lowest BCUT2D eigenvalue weighted by Gasteiger charge is -2.29. The summed E-state index contributed by atoms with van der Waals surface area (Å²) in [4.78, 5) is 14.3. The van der Waals surface area contributed by atoms with Gasteiger partial charge < -0.3 is 5.32 Å². The Bertz CT molecular complexity index is 786. The van der Waals surface area contributed by atoms with E-state index in [-0.39, 0.29) is 17.4 Å². The van der Waals surface area contributed by atoms with Crippen molar-refractivity contribution in [1.29, 1.82) is 5.26 Å². The summed E-state index contributed by atoms with van der Waals surface area (Å²) in [5, 5.41) is 26.2. The molecular formula is C18H23N7O. The van der Waals surface area contributed by atoms with Crippen molar-refractivity contribution in [3.8, 4) is 17.6 Å². The number of nitrogens with one attached hydrogen (secondary N) is 2. The summed E-state index contributed by atoms with van der Waals surface area (Å²) in [7, 11) is 0. The van der Waals surface area contributed by atoms with Gasteiger partial charge in [-0.15, -0.1) is 10.2 Å². The third-order valence-electron chi connectivity index (χ3n) is 4.52. The fraction of sp³-hybridized carbons (Fsp3) is 0.500. The van der Waals surface area contributed by atoms with Crippen molar-refractivity contribution in [2.24, 2.45) is 5.41 Å². The Balaban J connectivity index is 1.65. The molecule has 1 amide bonds. The molecule has 8 nitrogen and oxygen atoms in total. The van der Waals surface area contributed by atoms with E-state index in [1.54, 1.807) is 17.0 Å². The highest BCUT2D eigenvalue weighted by Crippen LogP contribution is 2.33. The first-order valence-electron chi connectivity index (χ1n) is 8.70. The lowest BCUT2D eigenvalue weighted by Crippen LogP contribution is -2.41. The zero-order chi connectivity index (χ0) is 18.7. The predicted molar refractivity (Wildman–Crippen MR) is 96.6 cm³/mol. The maximum Gasteiger partial charge on any atom is 0.247 e. The van der Waals surface area contributed by atoms with Crippen LogP contribution in [-0.2, 0) is 4.79 Å². The van der Waals surface area contributed by atoms with Crippen LogP contribution in [0.1, 0.15) is 40.0 Å². The minimum Gasteiger partial charge on any atom is -0.324 e. The maximum absolute atomic E-state index is 12.7. The van der Waals surface area contributed by atoms with Gasteiger partial charge in [0, 0.05) is 17.3 Å². The van der Waals surface area contributed by atoms with E-state index in [4.69, 9.17) is 0 Å². The molecule has 0 saturated carbocycles. The highest BCUT2D eigenvalue weighted by molar-refractivity contribution is 5.95. The predicted octanol–water partition coefficient (Wildman–Crippen LogP) is 2.56. The molecule has 3 rings (SSSR count). The smallest absolute Gasteiger partial charge is 0.247 e. The fourth-order valence-electron chi connectivity index (χ4n) is 3.41. The van der Waals surface area contributed by atoms with Crippen LogP contribution in [0.2, 0.25) is 0 Å². The number of carbonyl (C=O) groups excluding carboxylic acids is 1. The van der Waals surface area contributed by atoms with Crippen LogP contribution >= 0.6 is 0 Å². The Morgan fingerprint density at radius 1 is 1.35 bits per heavy atom. The molecule has 8 heteroatoms. The van der Waals surface area contributed by atoms with Gasteiger partial charge >= 0.3 is 0 Å². The second-order valence-corrected chi connectivity index (χ2v) is 7.82. The van der Waals surface area contributed by atoms with Gasteiger partial charge in [0.05, 0.1) is 0 Å². The van der Waals surface area contributed by atoms with Crippen LogP contribution in [0.5, 0.6) is 0 Å². The number of aromatic amines is 1. The fourth-order valence-corrected chi connectivity index (χ4v) is 3.41. The molecule has 26 heavy (non-hydrogen) atoms. The van der Waals surface area contributed by atoms with Gasteiger partial charge in [-0.2, -0.15) is 10.5 Å². The summed E-state index contributed by atoms with van der Waals surface area (Å²) in [5.41, 5.74) is 1.61. The molecule has 1 aliphatic heterocycles. The average Bonchev–Trinajstić information content (AvgIpc) is 3.23. The van der Waals surface area contributed by atoms with Crippen molar-refractivity contribution in [2.45, 2.75) is 52.1 Å². The van der Waals surface area contributed by atoms with E-state index in [1.807, 2.05) is 12.1 Å². The molecule has 2 unspecified atom stereocenters. The SMILES string of the molecule is CC(C)(C)CC1CCC(C(=O)Nc2ccc(-c3nn[nH]n3)cc2)N1C#N. The van der Waals surface area contributed by atoms with Crippen LogP contribution in [-0.4, -0.2) is 43.5 Å². The number of benzene rings is 1. The second kappa shape index (κ2) is 7.12. The van der Waals surface area contributed by atoms with Gasteiger partial charge in [-0.3, -0.25) is 9.69 Å². The Hall–Kier alpha value is -2.95. The number of aromatic nitrogens is 4. The molecule has 1 saturated heterocycles. The standard InChI is InChI=1S/C18H23N7O/c1-18(2,3)10-14-8-9-15(25(14)11-19)17(26)20-13-6-4-12(5-7-13)16-21-23-24-22-16/h4-7,14-15H,8-10H2,1-3H3,(H,20,26)(H,21,22,23,24). The van der Waals surface area contributed by atoms with Crippen LogP contribution in [0, 0.1) is 16.9 Å². The molecule has 1 aromatic heterocycles. The molecule has 0 bridgehead atoms. The van der Waals surface area contributed by atoms with E-state index >= 15 is 0 Å². The van der Waals surface area contributed by atoms with Gasteiger partial charge in [-0.25, -0.2) is 0 Å². The maximum atomic E-state index is 12.7. The van der Waals surface area contributed by atoms with Crippen LogP contribution in [0.3, 0.4) is 0 Å². The summed E-state index contributed by atoms with van der Waals surface area (Å²) in [5.74, 6) is 0.356. The lowest BCUT2D eigenvalue weighted by molar-refractivity contribution is -0.119. The van der Waals surface area contributed by atoms with Gasteiger partial charge in [0.2, 0.25) is 11.7 Å². The number of hydrogen-bond donors (Lipinski definition) is 2. The zero-order valence-corrected chi connectivity index (χ0v) is 15.2. The Kier molecular flexibility index (Phi) is 4.89. The molecule has 1 fully saturated rings. The zero-order valence-electron chi connectivity index (χ0n) is 15.2. The number of likely N-dealkylation sites (tertiary alicyclic amines) is 1. The minimum absolute atomic E-state index is 0.121. The molecule has 0 spiro atoms. The van der Waals surface area contributed by atoms with Crippen LogP contribution in [0.4, 0.5) is 5.69 Å². The van der Waals surface area contributed by atoms with Gasteiger partial charge in [0.1, 0.15) is 6.04 Å². The molecule has 2 heterocycles. The number of amides is 1. The molecule has 2 N–H and O–H groups in total. The van der Waals surface area contributed by atoms with Gasteiger partial charge in [-0.1, -0.05) is 20.8 Å². The lowest BCUT2D eigenvalue weighted by atomic mass is 9.87. The van der Waals surface area contributed by atoms with Gasteiger partial charge in [0.25, 0.3) is 0 Å². The Morgan fingerprint density at radius 3 is 2.65 bits per heavy atom.